The lowest BCUT2D eigenvalue weighted by Crippen LogP contribution is -2.57. The van der Waals surface area contributed by atoms with Crippen LogP contribution in [-0.4, -0.2) is 40.8 Å². The highest BCUT2D eigenvalue weighted by Gasteiger charge is 2.45. The molecule has 0 atom stereocenters. The summed E-state index contributed by atoms with van der Waals surface area (Å²) in [5, 5.41) is 13.4. The largest absolute Gasteiger partial charge is 0.493 e. The predicted octanol–water partition coefficient (Wildman–Crippen LogP) is 3.73. The zero-order valence-corrected chi connectivity index (χ0v) is 19.5. The van der Waals surface area contributed by atoms with Crippen LogP contribution in [0.3, 0.4) is 0 Å². The predicted molar refractivity (Wildman–Crippen MR) is 124 cm³/mol. The molecule has 33 heavy (non-hydrogen) atoms. The van der Waals surface area contributed by atoms with E-state index in [0.29, 0.717) is 61.2 Å². The maximum atomic E-state index is 13.5. The minimum Gasteiger partial charge on any atom is -0.493 e. The lowest BCUT2D eigenvalue weighted by molar-refractivity contribution is -0.146. The van der Waals surface area contributed by atoms with E-state index < -0.39 is 23.0 Å². The number of benzene rings is 1. The number of aliphatic carboxylic acids is 1. The molecule has 2 heterocycles. The first kappa shape index (κ1) is 23.1. The third-order valence-corrected chi connectivity index (χ3v) is 7.13. The van der Waals surface area contributed by atoms with Gasteiger partial charge in [0.1, 0.15) is 11.1 Å². The molecule has 2 N–H and O–H groups in total. The fourth-order valence-corrected chi connectivity index (χ4v) is 4.86. The summed E-state index contributed by atoms with van der Waals surface area (Å²) in [7, 11) is 1.55. The molecular weight excluding hydrogens is 424 g/mol. The van der Waals surface area contributed by atoms with Crippen molar-refractivity contribution in [2.24, 2.45) is 5.41 Å². The Hall–Kier alpha value is -3.03. The summed E-state index contributed by atoms with van der Waals surface area (Å²) in [5.41, 5.74) is -1.23. The van der Waals surface area contributed by atoms with Crippen LogP contribution in [-0.2, 0) is 11.3 Å². The Morgan fingerprint density at radius 3 is 2.52 bits per heavy atom. The molecule has 1 amide bonds. The highest BCUT2D eigenvalue weighted by atomic mass is 16.5. The molecule has 8 nitrogen and oxygen atoms in total. The van der Waals surface area contributed by atoms with Gasteiger partial charge in [0.25, 0.3) is 11.5 Å². The van der Waals surface area contributed by atoms with Gasteiger partial charge in [-0.25, -0.2) is 4.79 Å². The number of hydrogen-bond donors (Lipinski definition) is 2. The van der Waals surface area contributed by atoms with Gasteiger partial charge in [-0.3, -0.25) is 9.59 Å². The number of amides is 1. The smallest absolute Gasteiger partial charge is 0.329 e. The molecule has 1 saturated carbocycles. The molecule has 0 spiro atoms. The molecular formula is C25H32N2O6. The average molecular weight is 457 g/mol. The van der Waals surface area contributed by atoms with Crippen LogP contribution in [0.4, 0.5) is 0 Å². The zero-order chi connectivity index (χ0) is 23.8. The van der Waals surface area contributed by atoms with Gasteiger partial charge in [0.2, 0.25) is 0 Å². The quantitative estimate of drug-likeness (QED) is 0.726. The summed E-state index contributed by atoms with van der Waals surface area (Å²) < 4.78 is 13.0. The summed E-state index contributed by atoms with van der Waals surface area (Å²) in [5.74, 6) is -0.674. The van der Waals surface area contributed by atoms with E-state index in [0.717, 1.165) is 19.3 Å². The molecule has 0 radical (unpaired) electrons. The van der Waals surface area contributed by atoms with Crippen LogP contribution in [0.5, 0.6) is 11.5 Å². The highest BCUT2D eigenvalue weighted by Crippen LogP contribution is 2.41. The summed E-state index contributed by atoms with van der Waals surface area (Å²) in [4.78, 5) is 39.0. The van der Waals surface area contributed by atoms with E-state index in [1.165, 1.54) is 6.07 Å². The van der Waals surface area contributed by atoms with Crippen LogP contribution in [0, 0.1) is 5.41 Å². The number of methoxy groups -OCH3 is 1. The number of carboxylic acids is 1. The van der Waals surface area contributed by atoms with E-state index in [1.807, 2.05) is 0 Å². The SMILES string of the molecule is COc1ccc2cc(C(=O)NC3(C(=O)O)CCC(C)(C)CC3)c(=O)n3c2c1OCCCCC3. The molecule has 1 fully saturated rings. The monoisotopic (exact) mass is 456 g/mol. The minimum absolute atomic E-state index is 0.0288. The minimum atomic E-state index is -1.37. The number of nitrogens with zero attached hydrogens (tertiary/aromatic N) is 1. The van der Waals surface area contributed by atoms with Crippen molar-refractivity contribution in [3.05, 3.63) is 34.1 Å². The van der Waals surface area contributed by atoms with Gasteiger partial charge in [-0.1, -0.05) is 13.8 Å². The van der Waals surface area contributed by atoms with Gasteiger partial charge in [0, 0.05) is 11.9 Å². The number of aromatic nitrogens is 1. The lowest BCUT2D eigenvalue weighted by Gasteiger charge is -2.41. The summed E-state index contributed by atoms with van der Waals surface area (Å²) in [6.45, 7) is 5.16. The van der Waals surface area contributed by atoms with E-state index in [1.54, 1.807) is 23.8 Å². The molecule has 0 saturated heterocycles. The number of rotatable bonds is 4. The summed E-state index contributed by atoms with van der Waals surface area (Å²) in [6.07, 6.45) is 4.54. The fourth-order valence-electron chi connectivity index (χ4n) is 4.86. The Morgan fingerprint density at radius 2 is 1.85 bits per heavy atom. The number of nitrogens with one attached hydrogen (secondary N) is 1. The number of carbonyl (C=O) groups excluding carboxylic acids is 1. The molecule has 2 aliphatic rings. The van der Waals surface area contributed by atoms with Gasteiger partial charge in [-0.15, -0.1) is 0 Å². The first-order valence-electron chi connectivity index (χ1n) is 11.6. The number of aryl methyl sites for hydroxylation is 1. The highest BCUT2D eigenvalue weighted by molar-refractivity contribution is 6.01. The second-order valence-corrected chi connectivity index (χ2v) is 9.96. The Morgan fingerprint density at radius 1 is 1.12 bits per heavy atom. The van der Waals surface area contributed by atoms with Gasteiger partial charge < -0.3 is 24.5 Å². The first-order valence-corrected chi connectivity index (χ1v) is 11.6. The molecule has 0 bridgehead atoms. The standard InChI is InChI=1S/C25H32N2O6/c1-24(2)9-11-25(12-10-24,23(30)31)26-21(28)17-15-16-7-8-18(32-3)20-19(16)27(22(17)29)13-5-4-6-14-33-20/h7-8,15H,4-6,9-14H2,1-3H3,(H,26,28)(H,30,31). The van der Waals surface area contributed by atoms with Crippen LogP contribution in [0.25, 0.3) is 10.9 Å². The molecule has 4 rings (SSSR count). The second-order valence-electron chi connectivity index (χ2n) is 9.96. The number of hydrogen-bond acceptors (Lipinski definition) is 5. The molecule has 2 aromatic rings. The van der Waals surface area contributed by atoms with Gasteiger partial charge in [0.15, 0.2) is 11.5 Å². The van der Waals surface area contributed by atoms with E-state index in [-0.39, 0.29) is 11.0 Å². The lowest BCUT2D eigenvalue weighted by atomic mass is 9.69. The van der Waals surface area contributed by atoms with Crippen LogP contribution in [0.2, 0.25) is 0 Å². The first-order chi connectivity index (χ1) is 15.7. The zero-order valence-electron chi connectivity index (χ0n) is 19.5. The summed E-state index contributed by atoms with van der Waals surface area (Å²) in [6, 6.07) is 5.09. The van der Waals surface area contributed by atoms with Gasteiger partial charge in [0.05, 0.1) is 19.2 Å². The van der Waals surface area contributed by atoms with E-state index in [9.17, 15) is 19.5 Å². The van der Waals surface area contributed by atoms with Crippen molar-refractivity contribution >= 4 is 22.8 Å². The number of carboxylic acid groups (broad SMARTS) is 1. The van der Waals surface area contributed by atoms with Crippen molar-refractivity contribution in [3.8, 4) is 11.5 Å². The van der Waals surface area contributed by atoms with Crippen molar-refractivity contribution in [2.45, 2.75) is 70.9 Å². The molecule has 1 aromatic carbocycles. The van der Waals surface area contributed by atoms with Gasteiger partial charge >= 0.3 is 5.97 Å². The molecule has 8 heteroatoms. The number of pyridine rings is 1. The molecule has 0 unspecified atom stereocenters. The van der Waals surface area contributed by atoms with Crippen LogP contribution >= 0.6 is 0 Å². The Kier molecular flexibility index (Phi) is 6.12. The van der Waals surface area contributed by atoms with Crippen molar-refractivity contribution in [1.29, 1.82) is 0 Å². The maximum absolute atomic E-state index is 13.5. The van der Waals surface area contributed by atoms with Crippen molar-refractivity contribution < 1.29 is 24.2 Å². The van der Waals surface area contributed by atoms with E-state index >= 15 is 0 Å². The number of carbonyl (C=O) groups is 2. The van der Waals surface area contributed by atoms with Crippen molar-refractivity contribution in [2.75, 3.05) is 13.7 Å². The second kappa shape index (κ2) is 8.72. The van der Waals surface area contributed by atoms with E-state index in [4.69, 9.17) is 9.47 Å². The third-order valence-electron chi connectivity index (χ3n) is 7.13. The fraction of sp³-hybridized carbons (Fsp3) is 0.560. The third kappa shape index (κ3) is 4.30. The van der Waals surface area contributed by atoms with E-state index in [2.05, 4.69) is 19.2 Å². The molecule has 1 aliphatic heterocycles. The van der Waals surface area contributed by atoms with Gasteiger partial charge in [-0.2, -0.15) is 0 Å². The van der Waals surface area contributed by atoms with Crippen LogP contribution < -0.4 is 20.3 Å². The summed E-state index contributed by atoms with van der Waals surface area (Å²) >= 11 is 0. The van der Waals surface area contributed by atoms with Crippen molar-refractivity contribution in [3.63, 3.8) is 0 Å². The average Bonchev–Trinajstić information content (AvgIpc) is 2.89. The van der Waals surface area contributed by atoms with Crippen LogP contribution in [0.1, 0.15) is 69.2 Å². The molecule has 1 aliphatic carbocycles. The van der Waals surface area contributed by atoms with Gasteiger partial charge in [-0.05, 0) is 68.6 Å². The van der Waals surface area contributed by atoms with Crippen LogP contribution in [0.15, 0.2) is 23.0 Å². The molecule has 1 aromatic heterocycles. The Bertz CT molecular complexity index is 1140. The maximum Gasteiger partial charge on any atom is 0.329 e. The topological polar surface area (TPSA) is 107 Å². The Balaban J connectivity index is 1.79. The Labute approximate surface area is 192 Å². The van der Waals surface area contributed by atoms with Crippen molar-refractivity contribution in [1.82, 2.24) is 9.88 Å². The normalized spacial score (nSPS) is 19.5. The molecule has 178 valence electrons. The number of ether oxygens (including phenoxy) is 2.